The van der Waals surface area contributed by atoms with Crippen molar-refractivity contribution in [3.05, 3.63) is 23.5 Å². The van der Waals surface area contributed by atoms with Gasteiger partial charge >= 0.3 is 0 Å². The summed E-state index contributed by atoms with van der Waals surface area (Å²) in [6, 6.07) is 3.46. The topological polar surface area (TPSA) is 34.1 Å². The predicted octanol–water partition coefficient (Wildman–Crippen LogP) is 1.29. The van der Waals surface area contributed by atoms with E-state index in [-0.39, 0.29) is 0 Å². The number of nitrogens with zero attached hydrogens (tertiary/aromatic N) is 1. The lowest BCUT2D eigenvalue weighted by Gasteiger charge is -2.02. The molecule has 1 aromatic heterocycles. The van der Waals surface area contributed by atoms with Gasteiger partial charge in [-0.2, -0.15) is 0 Å². The van der Waals surface area contributed by atoms with Gasteiger partial charge in [-0.05, 0) is 19.2 Å². The van der Waals surface area contributed by atoms with Crippen LogP contribution in [0, 0.1) is 0 Å². The summed E-state index contributed by atoms with van der Waals surface area (Å²) in [5.41, 5.74) is 0. The first-order valence-electron chi connectivity index (χ1n) is 3.22. The maximum absolute atomic E-state index is 5.56. The van der Waals surface area contributed by atoms with Crippen LogP contribution in [0.4, 0.5) is 0 Å². The van der Waals surface area contributed by atoms with Crippen molar-refractivity contribution in [1.82, 2.24) is 10.3 Å². The highest BCUT2D eigenvalue weighted by molar-refractivity contribution is 6.29. The lowest BCUT2D eigenvalue weighted by Crippen LogP contribution is -2.14. The average Bonchev–Trinajstić information content (AvgIpc) is 2.04. The Morgan fingerprint density at radius 1 is 1.64 bits per heavy atom. The Bertz CT molecular complexity index is 212. The van der Waals surface area contributed by atoms with Crippen LogP contribution in [0.1, 0.15) is 0 Å². The van der Waals surface area contributed by atoms with Gasteiger partial charge < -0.3 is 4.74 Å². The molecule has 0 aliphatic carbocycles. The molecule has 1 heterocycles. The van der Waals surface area contributed by atoms with Gasteiger partial charge in [0.25, 0.3) is 0 Å². The molecule has 3 nitrogen and oxygen atoms in total. The van der Waals surface area contributed by atoms with Crippen LogP contribution in [-0.4, -0.2) is 18.8 Å². The van der Waals surface area contributed by atoms with Gasteiger partial charge in [0.1, 0.15) is 17.6 Å². The van der Waals surface area contributed by atoms with E-state index in [1.807, 2.05) is 7.05 Å². The van der Waals surface area contributed by atoms with Crippen molar-refractivity contribution in [2.45, 2.75) is 0 Å². The van der Waals surface area contributed by atoms with Crippen LogP contribution >= 0.6 is 11.6 Å². The molecule has 1 aromatic rings. The van der Waals surface area contributed by atoms with E-state index in [0.717, 1.165) is 0 Å². The highest BCUT2D eigenvalue weighted by Gasteiger charge is 1.91. The maximum atomic E-state index is 5.56. The molecule has 0 aliphatic heterocycles. The second-order valence-electron chi connectivity index (χ2n) is 1.96. The number of hydrogen-bond acceptors (Lipinski definition) is 3. The van der Waals surface area contributed by atoms with Gasteiger partial charge in [-0.3, -0.25) is 5.32 Å². The third kappa shape index (κ3) is 2.74. The van der Waals surface area contributed by atoms with Crippen molar-refractivity contribution >= 4 is 11.6 Å². The molecule has 0 aliphatic rings. The van der Waals surface area contributed by atoms with Crippen LogP contribution in [0.3, 0.4) is 0 Å². The smallest absolute Gasteiger partial charge is 0.139 e. The van der Waals surface area contributed by atoms with Crippen molar-refractivity contribution in [1.29, 1.82) is 0 Å². The Hall–Kier alpha value is -0.800. The molecular formula is C7H9ClN2O. The molecule has 0 spiro atoms. The second-order valence-corrected chi connectivity index (χ2v) is 2.35. The molecule has 0 fully saturated rings. The summed E-state index contributed by atoms with van der Waals surface area (Å²) in [5, 5.41) is 3.32. The van der Waals surface area contributed by atoms with Gasteiger partial charge in [0, 0.05) is 0 Å². The summed E-state index contributed by atoms with van der Waals surface area (Å²) in [6.45, 7) is 0.476. The first-order chi connectivity index (χ1) is 5.33. The lowest BCUT2D eigenvalue weighted by molar-refractivity contribution is 0.295. The minimum atomic E-state index is 0.474. The van der Waals surface area contributed by atoms with Gasteiger partial charge in [-0.25, -0.2) is 4.98 Å². The third-order valence-electron chi connectivity index (χ3n) is 1.08. The minimum absolute atomic E-state index is 0.474. The fourth-order valence-electron chi connectivity index (χ4n) is 0.603. The standard InChI is InChI=1S/C7H9ClN2O/c1-9-5-11-6-2-3-7(8)10-4-6/h2-4,9H,5H2,1H3. The summed E-state index contributed by atoms with van der Waals surface area (Å²) >= 11 is 5.56. The van der Waals surface area contributed by atoms with E-state index in [1.165, 1.54) is 0 Å². The molecule has 11 heavy (non-hydrogen) atoms. The molecule has 0 unspecified atom stereocenters. The molecule has 1 rings (SSSR count). The fraction of sp³-hybridized carbons (Fsp3) is 0.286. The molecule has 0 aromatic carbocycles. The van der Waals surface area contributed by atoms with Gasteiger partial charge in [-0.1, -0.05) is 11.6 Å². The Kier molecular flexibility index (Phi) is 3.14. The largest absolute Gasteiger partial charge is 0.477 e. The molecule has 1 N–H and O–H groups in total. The molecule has 0 saturated carbocycles. The van der Waals surface area contributed by atoms with Crippen molar-refractivity contribution in [3.8, 4) is 5.75 Å². The van der Waals surface area contributed by atoms with E-state index < -0.39 is 0 Å². The third-order valence-corrected chi connectivity index (χ3v) is 1.31. The monoisotopic (exact) mass is 172 g/mol. The van der Waals surface area contributed by atoms with Crippen LogP contribution in [0.15, 0.2) is 18.3 Å². The average molecular weight is 173 g/mol. The SMILES string of the molecule is CNCOc1ccc(Cl)nc1. The molecule has 60 valence electrons. The highest BCUT2D eigenvalue weighted by atomic mass is 35.5. The van der Waals surface area contributed by atoms with E-state index in [9.17, 15) is 0 Å². The zero-order valence-corrected chi connectivity index (χ0v) is 6.93. The number of halogens is 1. The molecular weight excluding hydrogens is 164 g/mol. The van der Waals surface area contributed by atoms with E-state index >= 15 is 0 Å². The van der Waals surface area contributed by atoms with Crippen molar-refractivity contribution < 1.29 is 4.74 Å². The van der Waals surface area contributed by atoms with E-state index in [1.54, 1.807) is 18.3 Å². The lowest BCUT2D eigenvalue weighted by atomic mass is 10.5. The predicted molar refractivity (Wildman–Crippen MR) is 43.8 cm³/mol. The summed E-state index contributed by atoms with van der Waals surface area (Å²) < 4.78 is 5.18. The normalized spacial score (nSPS) is 9.64. The van der Waals surface area contributed by atoms with Gasteiger partial charge in [0.15, 0.2) is 0 Å². The van der Waals surface area contributed by atoms with E-state index in [2.05, 4.69) is 10.3 Å². The Morgan fingerprint density at radius 3 is 3.00 bits per heavy atom. The summed E-state index contributed by atoms with van der Waals surface area (Å²) in [6.07, 6.45) is 1.58. The number of hydrogen-bond donors (Lipinski definition) is 1. The van der Waals surface area contributed by atoms with Crippen molar-refractivity contribution in [2.24, 2.45) is 0 Å². The van der Waals surface area contributed by atoms with Crippen LogP contribution < -0.4 is 10.1 Å². The molecule has 4 heteroatoms. The molecule has 0 amide bonds. The zero-order valence-electron chi connectivity index (χ0n) is 6.17. The zero-order chi connectivity index (χ0) is 8.10. The van der Waals surface area contributed by atoms with Gasteiger partial charge in [0.2, 0.25) is 0 Å². The number of ether oxygens (including phenoxy) is 1. The van der Waals surface area contributed by atoms with Crippen LogP contribution in [0.2, 0.25) is 5.15 Å². The Balaban J connectivity index is 2.52. The number of pyridine rings is 1. The van der Waals surface area contributed by atoms with Crippen LogP contribution in [-0.2, 0) is 0 Å². The Labute approximate surface area is 70.3 Å². The molecule has 0 saturated heterocycles. The van der Waals surface area contributed by atoms with Crippen LogP contribution in [0.5, 0.6) is 5.75 Å². The highest BCUT2D eigenvalue weighted by Crippen LogP contribution is 2.11. The first kappa shape index (κ1) is 8.30. The van der Waals surface area contributed by atoms with Gasteiger partial charge in [-0.15, -0.1) is 0 Å². The Morgan fingerprint density at radius 2 is 2.45 bits per heavy atom. The fourth-order valence-corrected chi connectivity index (χ4v) is 0.715. The second kappa shape index (κ2) is 4.16. The van der Waals surface area contributed by atoms with Crippen molar-refractivity contribution in [2.75, 3.05) is 13.8 Å². The number of nitrogens with one attached hydrogen (secondary N) is 1. The van der Waals surface area contributed by atoms with Gasteiger partial charge in [0.05, 0.1) is 6.20 Å². The van der Waals surface area contributed by atoms with E-state index in [0.29, 0.717) is 17.6 Å². The summed E-state index contributed by atoms with van der Waals surface area (Å²) in [7, 11) is 1.81. The van der Waals surface area contributed by atoms with E-state index in [4.69, 9.17) is 16.3 Å². The minimum Gasteiger partial charge on any atom is -0.477 e. The quantitative estimate of drug-likeness (QED) is 0.551. The molecule has 0 radical (unpaired) electrons. The summed E-state index contributed by atoms with van der Waals surface area (Å²) in [5.74, 6) is 0.712. The summed E-state index contributed by atoms with van der Waals surface area (Å²) in [4.78, 5) is 3.84. The molecule has 0 atom stereocenters. The van der Waals surface area contributed by atoms with Crippen LogP contribution in [0.25, 0.3) is 0 Å². The molecule has 0 bridgehead atoms. The first-order valence-corrected chi connectivity index (χ1v) is 3.59. The number of rotatable bonds is 3. The number of aromatic nitrogens is 1. The maximum Gasteiger partial charge on any atom is 0.139 e. The van der Waals surface area contributed by atoms with Crippen molar-refractivity contribution in [3.63, 3.8) is 0 Å².